The lowest BCUT2D eigenvalue weighted by Gasteiger charge is -2.22. The van der Waals surface area contributed by atoms with Gasteiger partial charge in [-0.05, 0) is 44.9 Å². The maximum Gasteiger partial charge on any atom is 0.321 e. The van der Waals surface area contributed by atoms with Gasteiger partial charge in [-0.1, -0.05) is 0 Å². The molecular formula is C16H22N4O2S. The molecule has 23 heavy (non-hydrogen) atoms. The first-order valence-corrected chi connectivity index (χ1v) is 9.07. The van der Waals surface area contributed by atoms with Crippen LogP contribution in [0.1, 0.15) is 25.8 Å². The zero-order valence-corrected chi connectivity index (χ0v) is 14.5. The molecule has 1 aliphatic heterocycles. The van der Waals surface area contributed by atoms with E-state index < -0.39 is 10.8 Å². The number of rotatable bonds is 1. The van der Waals surface area contributed by atoms with Gasteiger partial charge in [-0.3, -0.25) is 9.31 Å². The molecule has 0 bridgehead atoms. The fourth-order valence-corrected chi connectivity index (χ4v) is 4.06. The van der Waals surface area contributed by atoms with Crippen molar-refractivity contribution in [1.82, 2.24) is 15.1 Å². The largest absolute Gasteiger partial charge is 0.324 e. The number of carbonyl (C=O) groups is 1. The number of hydrogen-bond acceptors (Lipinski definition) is 3. The van der Waals surface area contributed by atoms with Crippen LogP contribution in [0.3, 0.4) is 0 Å². The molecule has 1 aromatic heterocycles. The Morgan fingerprint density at radius 3 is 2.96 bits per heavy atom. The van der Waals surface area contributed by atoms with Gasteiger partial charge in [0.1, 0.15) is 0 Å². The molecule has 0 unspecified atom stereocenters. The summed E-state index contributed by atoms with van der Waals surface area (Å²) >= 11 is 0. The Morgan fingerprint density at radius 2 is 2.17 bits per heavy atom. The van der Waals surface area contributed by atoms with Gasteiger partial charge in [-0.15, -0.1) is 0 Å². The third kappa shape index (κ3) is 3.24. The summed E-state index contributed by atoms with van der Waals surface area (Å²) in [7, 11) is -0.903. The molecule has 0 radical (unpaired) electrons. The third-order valence-corrected chi connectivity index (χ3v) is 6.44. The van der Waals surface area contributed by atoms with Crippen LogP contribution in [0.15, 0.2) is 18.3 Å². The lowest BCUT2D eigenvalue weighted by Crippen LogP contribution is -2.37. The van der Waals surface area contributed by atoms with Crippen LogP contribution in [-0.4, -0.2) is 48.9 Å². The molecule has 1 saturated heterocycles. The van der Waals surface area contributed by atoms with Crippen molar-refractivity contribution < 1.29 is 9.00 Å². The minimum atomic E-state index is -0.903. The van der Waals surface area contributed by atoms with Crippen LogP contribution in [0.25, 0.3) is 10.9 Å². The van der Waals surface area contributed by atoms with E-state index in [1.807, 2.05) is 32.9 Å². The van der Waals surface area contributed by atoms with Crippen LogP contribution in [0, 0.1) is 6.92 Å². The zero-order chi connectivity index (χ0) is 16.6. The van der Waals surface area contributed by atoms with Crippen LogP contribution in [-0.2, 0) is 10.8 Å². The van der Waals surface area contributed by atoms with Gasteiger partial charge < -0.3 is 10.2 Å². The first-order chi connectivity index (χ1) is 10.9. The summed E-state index contributed by atoms with van der Waals surface area (Å²) in [6.07, 6.45) is 2.52. The quantitative estimate of drug-likeness (QED) is 0.841. The topological polar surface area (TPSA) is 78.1 Å². The molecule has 2 aromatic rings. The predicted molar refractivity (Wildman–Crippen MR) is 93.1 cm³/mol. The number of aromatic amines is 1. The summed E-state index contributed by atoms with van der Waals surface area (Å²) in [4.78, 5) is 14.3. The lowest BCUT2D eigenvalue weighted by atomic mass is 10.1. The average molecular weight is 334 g/mol. The van der Waals surface area contributed by atoms with E-state index in [0.717, 1.165) is 28.6 Å². The molecule has 2 heterocycles. The number of nitrogens with one attached hydrogen (secondary N) is 2. The number of urea groups is 1. The first-order valence-electron chi connectivity index (χ1n) is 7.75. The number of amides is 2. The number of fused-ring (bicyclic) bond motifs is 1. The Bertz CT molecular complexity index is 769. The highest BCUT2D eigenvalue weighted by atomic mass is 32.2. The van der Waals surface area contributed by atoms with Gasteiger partial charge in [0, 0.05) is 45.5 Å². The van der Waals surface area contributed by atoms with E-state index in [1.165, 1.54) is 0 Å². The molecule has 1 aromatic carbocycles. The molecule has 2 amide bonds. The number of aromatic nitrogens is 2. The minimum absolute atomic E-state index is 0.141. The second-order valence-corrected chi connectivity index (χ2v) is 8.81. The van der Waals surface area contributed by atoms with Crippen molar-refractivity contribution in [3.63, 3.8) is 0 Å². The minimum Gasteiger partial charge on any atom is -0.324 e. The van der Waals surface area contributed by atoms with Crippen LogP contribution in [0.2, 0.25) is 0 Å². The molecule has 2 N–H and O–H groups in total. The molecule has 7 heteroatoms. The van der Waals surface area contributed by atoms with Crippen molar-refractivity contribution in [1.29, 1.82) is 0 Å². The number of benzene rings is 1. The summed E-state index contributed by atoms with van der Waals surface area (Å²) in [5.74, 6) is 0.527. The predicted octanol–water partition coefficient (Wildman–Crippen LogP) is 2.64. The Balaban J connectivity index is 1.74. The fraction of sp³-hybridized carbons (Fsp3) is 0.500. The van der Waals surface area contributed by atoms with Gasteiger partial charge in [-0.2, -0.15) is 5.10 Å². The van der Waals surface area contributed by atoms with Gasteiger partial charge in [0.2, 0.25) is 0 Å². The molecule has 6 nitrogen and oxygen atoms in total. The van der Waals surface area contributed by atoms with E-state index >= 15 is 0 Å². The Morgan fingerprint density at radius 1 is 1.39 bits per heavy atom. The monoisotopic (exact) mass is 334 g/mol. The highest BCUT2D eigenvalue weighted by molar-refractivity contribution is 7.86. The summed E-state index contributed by atoms with van der Waals surface area (Å²) in [5.41, 5.74) is 2.71. The van der Waals surface area contributed by atoms with Gasteiger partial charge in [0.25, 0.3) is 0 Å². The van der Waals surface area contributed by atoms with E-state index in [4.69, 9.17) is 0 Å². The van der Waals surface area contributed by atoms with E-state index in [9.17, 15) is 9.00 Å². The number of aryl methyl sites for hydroxylation is 1. The Kier molecular flexibility index (Phi) is 4.14. The Labute approximate surface area is 138 Å². The van der Waals surface area contributed by atoms with Crippen LogP contribution in [0.5, 0.6) is 0 Å². The highest BCUT2D eigenvalue weighted by Crippen LogP contribution is 2.24. The second kappa shape index (κ2) is 5.96. The number of nitrogens with zero attached hydrogens (tertiary/aromatic N) is 2. The molecule has 0 aliphatic carbocycles. The second-order valence-electron chi connectivity index (χ2n) is 6.60. The summed E-state index contributed by atoms with van der Waals surface area (Å²) in [6.45, 7) is 7.13. The van der Waals surface area contributed by atoms with E-state index in [1.54, 1.807) is 11.1 Å². The van der Waals surface area contributed by atoms with Crippen LogP contribution in [0.4, 0.5) is 10.5 Å². The van der Waals surface area contributed by atoms with Crippen LogP contribution < -0.4 is 5.32 Å². The number of hydrogen-bond donors (Lipinski definition) is 2. The van der Waals surface area contributed by atoms with Crippen molar-refractivity contribution in [3.8, 4) is 0 Å². The van der Waals surface area contributed by atoms with Crippen molar-refractivity contribution in [3.05, 3.63) is 23.9 Å². The van der Waals surface area contributed by atoms with Gasteiger partial charge >= 0.3 is 6.03 Å². The molecule has 1 aliphatic rings. The molecule has 3 rings (SSSR count). The number of carbonyl (C=O) groups excluding carboxylic acids is 1. The molecule has 1 fully saturated rings. The number of anilines is 1. The van der Waals surface area contributed by atoms with Gasteiger partial charge in [-0.25, -0.2) is 4.79 Å². The third-order valence-electron chi connectivity index (χ3n) is 4.45. The van der Waals surface area contributed by atoms with E-state index in [2.05, 4.69) is 15.5 Å². The molecule has 124 valence electrons. The smallest absolute Gasteiger partial charge is 0.321 e. The van der Waals surface area contributed by atoms with Crippen molar-refractivity contribution >= 4 is 33.4 Å². The van der Waals surface area contributed by atoms with Gasteiger partial charge in [0.15, 0.2) is 0 Å². The Hall–Kier alpha value is -1.89. The van der Waals surface area contributed by atoms with E-state index in [0.29, 0.717) is 18.8 Å². The summed E-state index contributed by atoms with van der Waals surface area (Å²) < 4.78 is 11.9. The standard InChI is InChI=1S/C16H22N4O2S/c1-11-8-12(9-14-13(11)10-17-19-14)18-15(21)20-5-4-16(2,3)23(22)7-6-20/h8-10H,4-7H2,1-3H3,(H,17,19)(H,18,21)/t23-/m1/s1. The molecular weight excluding hydrogens is 312 g/mol. The molecule has 0 spiro atoms. The highest BCUT2D eigenvalue weighted by Gasteiger charge is 2.31. The van der Waals surface area contributed by atoms with Crippen molar-refractivity contribution in [2.75, 3.05) is 24.2 Å². The fourth-order valence-electron chi connectivity index (χ4n) is 2.81. The normalized spacial score (nSPS) is 21.2. The zero-order valence-electron chi connectivity index (χ0n) is 13.7. The summed E-state index contributed by atoms with van der Waals surface area (Å²) in [6, 6.07) is 3.68. The average Bonchev–Trinajstić information content (AvgIpc) is 2.90. The maximum atomic E-state index is 12.5. The van der Waals surface area contributed by atoms with Crippen molar-refractivity contribution in [2.45, 2.75) is 31.9 Å². The van der Waals surface area contributed by atoms with E-state index in [-0.39, 0.29) is 10.8 Å². The van der Waals surface area contributed by atoms with Gasteiger partial charge in [0.05, 0.1) is 11.7 Å². The summed E-state index contributed by atoms with van der Waals surface area (Å²) in [5, 5.41) is 10.9. The first kappa shape index (κ1) is 16.0. The van der Waals surface area contributed by atoms with Crippen molar-refractivity contribution in [2.24, 2.45) is 0 Å². The SMILES string of the molecule is Cc1cc(NC(=O)N2CC[S@@](=O)C(C)(C)CC2)cc2[nH]ncc12. The maximum absolute atomic E-state index is 12.5. The van der Waals surface area contributed by atoms with Crippen LogP contribution >= 0.6 is 0 Å². The lowest BCUT2D eigenvalue weighted by molar-refractivity contribution is 0.214. The number of H-pyrrole nitrogens is 1. The molecule has 0 saturated carbocycles. The molecule has 1 atom stereocenters.